The molecule has 1 saturated carbocycles. The van der Waals surface area contributed by atoms with Gasteiger partial charge in [0.25, 0.3) is 0 Å². The van der Waals surface area contributed by atoms with Gasteiger partial charge in [0.15, 0.2) is 5.69 Å². The number of aromatic nitrogens is 2. The number of alkyl halides is 3. The smallest absolute Gasteiger partial charge is 0.338 e. The van der Waals surface area contributed by atoms with E-state index >= 15 is 0 Å². The molecular formula is C21H21F3N4O. The van der Waals surface area contributed by atoms with Gasteiger partial charge >= 0.3 is 12.2 Å². The van der Waals surface area contributed by atoms with Gasteiger partial charge in [-0.05, 0) is 36.8 Å². The first-order valence-electron chi connectivity index (χ1n) is 9.59. The average molecular weight is 402 g/mol. The minimum atomic E-state index is -4.44. The summed E-state index contributed by atoms with van der Waals surface area (Å²) < 4.78 is 40.2. The molecule has 152 valence electrons. The summed E-state index contributed by atoms with van der Waals surface area (Å²) in [6, 6.07) is 14.2. The molecule has 5 nitrogen and oxygen atoms in total. The lowest BCUT2D eigenvalue weighted by Crippen LogP contribution is -2.30. The monoisotopic (exact) mass is 402 g/mol. The number of amides is 2. The van der Waals surface area contributed by atoms with Gasteiger partial charge in [0, 0.05) is 30.1 Å². The summed E-state index contributed by atoms with van der Waals surface area (Å²) in [5.41, 5.74) is 0.497. The maximum atomic E-state index is 12.9. The Balaban J connectivity index is 1.32. The molecule has 2 N–H and O–H groups in total. The molecule has 0 saturated heterocycles. The quantitative estimate of drug-likeness (QED) is 0.561. The Morgan fingerprint density at radius 2 is 1.90 bits per heavy atom. The van der Waals surface area contributed by atoms with E-state index in [-0.39, 0.29) is 11.9 Å². The number of nitrogens with zero attached hydrogens (tertiary/aromatic N) is 2. The van der Waals surface area contributed by atoms with Crippen molar-refractivity contribution in [2.75, 3.05) is 11.9 Å². The summed E-state index contributed by atoms with van der Waals surface area (Å²) in [4.78, 5) is 12.2. The Morgan fingerprint density at radius 1 is 1.14 bits per heavy atom. The Hall–Kier alpha value is -3.03. The Bertz CT molecular complexity index is 1020. The fourth-order valence-electron chi connectivity index (χ4n) is 3.39. The average Bonchev–Trinajstić information content (AvgIpc) is 3.44. The van der Waals surface area contributed by atoms with Gasteiger partial charge in [-0.2, -0.15) is 18.3 Å². The predicted octanol–water partition coefficient (Wildman–Crippen LogP) is 5.14. The van der Waals surface area contributed by atoms with Gasteiger partial charge in [-0.3, -0.25) is 4.68 Å². The van der Waals surface area contributed by atoms with Crippen molar-refractivity contribution in [3.8, 4) is 0 Å². The highest BCUT2D eigenvalue weighted by molar-refractivity contribution is 6.01. The van der Waals surface area contributed by atoms with Crippen LogP contribution in [0.3, 0.4) is 0 Å². The first-order chi connectivity index (χ1) is 13.9. The number of carbonyl (C=O) groups is 1. The third-order valence-electron chi connectivity index (χ3n) is 4.97. The van der Waals surface area contributed by atoms with E-state index in [0.717, 1.165) is 29.7 Å². The molecule has 2 amide bonds. The molecule has 1 aromatic heterocycles. The van der Waals surface area contributed by atoms with Gasteiger partial charge in [0.2, 0.25) is 0 Å². The zero-order valence-electron chi connectivity index (χ0n) is 15.7. The topological polar surface area (TPSA) is 59.0 Å². The number of hydrogen-bond acceptors (Lipinski definition) is 2. The minimum absolute atomic E-state index is 0.168. The lowest BCUT2D eigenvalue weighted by Gasteiger charge is -2.11. The van der Waals surface area contributed by atoms with Crippen molar-refractivity contribution in [3.05, 3.63) is 59.9 Å². The van der Waals surface area contributed by atoms with Crippen LogP contribution in [-0.4, -0.2) is 22.4 Å². The summed E-state index contributed by atoms with van der Waals surface area (Å²) in [6.45, 7) is 0.665. The van der Waals surface area contributed by atoms with Crippen LogP contribution in [0.4, 0.5) is 23.7 Å². The number of urea groups is 1. The number of carbonyl (C=O) groups excluding carboxylic acids is 1. The molecule has 0 spiro atoms. The van der Waals surface area contributed by atoms with E-state index in [0.29, 0.717) is 30.9 Å². The molecule has 4 rings (SSSR count). The number of hydrogen-bond donors (Lipinski definition) is 2. The highest BCUT2D eigenvalue weighted by Gasteiger charge is 2.37. The normalized spacial score (nSPS) is 14.2. The van der Waals surface area contributed by atoms with Crippen LogP contribution in [0.25, 0.3) is 10.8 Å². The van der Waals surface area contributed by atoms with Crippen molar-refractivity contribution in [3.63, 3.8) is 0 Å². The first-order valence-corrected chi connectivity index (χ1v) is 9.59. The maximum absolute atomic E-state index is 12.9. The SMILES string of the molecule is O=C(NCCCn1nc(C(F)(F)F)cc1C1CC1)Nc1cccc2ccccc12. The maximum Gasteiger partial charge on any atom is 0.435 e. The van der Waals surface area contributed by atoms with E-state index in [1.165, 1.54) is 4.68 Å². The van der Waals surface area contributed by atoms with Gasteiger partial charge in [0.1, 0.15) is 0 Å². The highest BCUT2D eigenvalue weighted by atomic mass is 19.4. The number of benzene rings is 2. The Labute approximate surface area is 165 Å². The molecule has 29 heavy (non-hydrogen) atoms. The molecule has 1 heterocycles. The lowest BCUT2D eigenvalue weighted by molar-refractivity contribution is -0.141. The highest BCUT2D eigenvalue weighted by Crippen LogP contribution is 2.42. The summed E-state index contributed by atoms with van der Waals surface area (Å²) in [5, 5.41) is 11.3. The zero-order valence-corrected chi connectivity index (χ0v) is 15.7. The number of fused-ring (bicyclic) bond motifs is 1. The van der Waals surface area contributed by atoms with Gasteiger partial charge in [-0.1, -0.05) is 36.4 Å². The second-order valence-corrected chi connectivity index (χ2v) is 7.21. The number of halogens is 3. The number of aryl methyl sites for hydroxylation is 1. The van der Waals surface area contributed by atoms with Crippen LogP contribution in [0.2, 0.25) is 0 Å². The lowest BCUT2D eigenvalue weighted by atomic mass is 10.1. The fourth-order valence-corrected chi connectivity index (χ4v) is 3.39. The molecule has 2 aromatic carbocycles. The number of anilines is 1. The molecule has 1 aliphatic carbocycles. The van der Waals surface area contributed by atoms with Crippen molar-refractivity contribution in [1.29, 1.82) is 0 Å². The Morgan fingerprint density at radius 3 is 2.66 bits per heavy atom. The van der Waals surface area contributed by atoms with Crippen LogP contribution in [0, 0.1) is 0 Å². The van der Waals surface area contributed by atoms with Crippen LogP contribution in [0.5, 0.6) is 0 Å². The van der Waals surface area contributed by atoms with Gasteiger partial charge < -0.3 is 10.6 Å². The largest absolute Gasteiger partial charge is 0.435 e. The molecule has 3 aromatic rings. The van der Waals surface area contributed by atoms with Crippen molar-refractivity contribution in [2.45, 2.75) is 37.9 Å². The van der Waals surface area contributed by atoms with Crippen molar-refractivity contribution in [1.82, 2.24) is 15.1 Å². The van der Waals surface area contributed by atoms with E-state index < -0.39 is 11.9 Å². The van der Waals surface area contributed by atoms with Crippen LogP contribution < -0.4 is 10.6 Å². The third kappa shape index (κ3) is 4.52. The molecule has 1 fully saturated rings. The molecule has 1 aliphatic rings. The van der Waals surface area contributed by atoms with Gasteiger partial charge in [0.05, 0.1) is 5.69 Å². The van der Waals surface area contributed by atoms with E-state index in [1.807, 2.05) is 42.5 Å². The van der Waals surface area contributed by atoms with Crippen LogP contribution in [0.1, 0.15) is 36.6 Å². The number of nitrogens with one attached hydrogen (secondary N) is 2. The summed E-state index contributed by atoms with van der Waals surface area (Å²) in [6.07, 6.45) is -2.16. The molecule has 0 aliphatic heterocycles. The van der Waals surface area contributed by atoms with E-state index in [4.69, 9.17) is 0 Å². The van der Waals surface area contributed by atoms with Crippen molar-refractivity contribution >= 4 is 22.5 Å². The summed E-state index contributed by atoms with van der Waals surface area (Å²) in [7, 11) is 0. The molecule has 0 bridgehead atoms. The van der Waals surface area contributed by atoms with Crippen LogP contribution >= 0.6 is 0 Å². The molecule has 0 atom stereocenters. The first kappa shape index (κ1) is 19.3. The predicted molar refractivity (Wildman–Crippen MR) is 105 cm³/mol. The van der Waals surface area contributed by atoms with E-state index in [9.17, 15) is 18.0 Å². The standard InChI is InChI=1S/C21H21F3N4O/c22-21(23,24)19-13-18(15-9-10-15)28(27-19)12-4-11-25-20(29)26-17-8-3-6-14-5-1-2-7-16(14)17/h1-3,5-8,13,15H,4,9-12H2,(H2,25,26,29). The van der Waals surface area contributed by atoms with Crippen LogP contribution in [0.15, 0.2) is 48.5 Å². The van der Waals surface area contributed by atoms with Gasteiger partial charge in [-0.15, -0.1) is 0 Å². The van der Waals surface area contributed by atoms with E-state index in [2.05, 4.69) is 15.7 Å². The molecule has 0 radical (unpaired) electrons. The van der Waals surface area contributed by atoms with Gasteiger partial charge in [-0.25, -0.2) is 4.79 Å². The third-order valence-corrected chi connectivity index (χ3v) is 4.97. The zero-order chi connectivity index (χ0) is 20.4. The van der Waals surface area contributed by atoms with Crippen molar-refractivity contribution < 1.29 is 18.0 Å². The van der Waals surface area contributed by atoms with Crippen LogP contribution in [-0.2, 0) is 12.7 Å². The van der Waals surface area contributed by atoms with Crippen molar-refractivity contribution in [2.24, 2.45) is 0 Å². The second-order valence-electron chi connectivity index (χ2n) is 7.21. The number of rotatable bonds is 6. The molecule has 8 heteroatoms. The molecule has 0 unspecified atom stereocenters. The second kappa shape index (κ2) is 7.77. The summed E-state index contributed by atoms with van der Waals surface area (Å²) >= 11 is 0. The minimum Gasteiger partial charge on any atom is -0.338 e. The molecular weight excluding hydrogens is 381 g/mol. The fraction of sp³-hybridized carbons (Fsp3) is 0.333. The Kier molecular flexibility index (Phi) is 5.17. The summed E-state index contributed by atoms with van der Waals surface area (Å²) in [5.74, 6) is 0.168. The van der Waals surface area contributed by atoms with E-state index in [1.54, 1.807) is 0 Å².